The topological polar surface area (TPSA) is 0 Å². The number of hydrogen-bond donors (Lipinski definition) is 0. The lowest BCUT2D eigenvalue weighted by atomic mass is 10.8. The molecule has 0 aromatic rings. The van der Waals surface area contributed by atoms with Crippen LogP contribution in [-0.4, -0.2) is 15.7 Å². The maximum atomic E-state index is 11.1. The summed E-state index contributed by atoms with van der Waals surface area (Å²) in [4.78, 5) is 0. The third-order valence-corrected chi connectivity index (χ3v) is 1.60. The van der Waals surface area contributed by atoms with Gasteiger partial charge in [0.1, 0.15) is 0 Å². The van der Waals surface area contributed by atoms with Gasteiger partial charge in [-0.05, 0) is 0 Å². The first kappa shape index (κ1) is 7.01. The Hall–Kier alpha value is 0.00688. The molecule has 0 heterocycles. The molecular formula is C3H7F3Si. The van der Waals surface area contributed by atoms with E-state index in [1.54, 1.807) is 6.55 Å². The maximum absolute atomic E-state index is 11.1. The molecule has 0 radical (unpaired) electrons. The first-order valence-corrected chi connectivity index (χ1v) is 4.54. The predicted molar refractivity (Wildman–Crippen MR) is 25.3 cm³/mol. The fourth-order valence-corrected chi connectivity index (χ4v) is 0.850. The minimum absolute atomic E-state index is 0.521. The van der Waals surface area contributed by atoms with E-state index in [4.69, 9.17) is 0 Å². The standard InChI is InChI=1S/C3H7F3Si/c1-7-2-3(4,5)6/h2,7H2,1H3. The highest BCUT2D eigenvalue weighted by Gasteiger charge is 2.24. The fraction of sp³-hybridized carbons (Fsp3) is 1.00. The van der Waals surface area contributed by atoms with Crippen LogP contribution in [-0.2, 0) is 0 Å². The lowest BCUT2D eigenvalue weighted by Gasteiger charge is -1.99. The maximum Gasteiger partial charge on any atom is 0.386 e. The zero-order chi connectivity index (χ0) is 5.91. The number of hydrogen-bond acceptors (Lipinski definition) is 0. The highest BCUT2D eigenvalue weighted by atomic mass is 28.2. The normalized spacial score (nSPS) is 13.7. The SMILES string of the molecule is C[SiH2]CC(F)(F)F. The molecule has 0 bridgehead atoms. The summed E-state index contributed by atoms with van der Waals surface area (Å²) < 4.78 is 33.3. The second-order valence-corrected chi connectivity index (χ2v) is 2.87. The predicted octanol–water partition coefficient (Wildman–Crippen LogP) is 1.18. The Balaban J connectivity index is 3.15. The van der Waals surface area contributed by atoms with Crippen molar-refractivity contribution in [2.75, 3.05) is 0 Å². The molecule has 0 aliphatic rings. The van der Waals surface area contributed by atoms with Crippen molar-refractivity contribution in [3.8, 4) is 0 Å². The summed E-state index contributed by atoms with van der Waals surface area (Å²) >= 11 is 0. The van der Waals surface area contributed by atoms with Gasteiger partial charge in [0.05, 0.1) is 0 Å². The Morgan fingerprint density at radius 1 is 1.43 bits per heavy atom. The molecule has 0 unspecified atom stereocenters. The van der Waals surface area contributed by atoms with Gasteiger partial charge in [-0.3, -0.25) is 0 Å². The van der Waals surface area contributed by atoms with Crippen molar-refractivity contribution in [3.05, 3.63) is 0 Å². The van der Waals surface area contributed by atoms with E-state index < -0.39 is 21.7 Å². The van der Waals surface area contributed by atoms with Crippen LogP contribution in [0.1, 0.15) is 0 Å². The molecule has 4 heteroatoms. The Bertz CT molecular complexity index is 48.6. The number of halogens is 3. The van der Waals surface area contributed by atoms with E-state index in [9.17, 15) is 13.2 Å². The van der Waals surface area contributed by atoms with E-state index in [2.05, 4.69) is 0 Å². The van der Waals surface area contributed by atoms with Crippen LogP contribution in [0.3, 0.4) is 0 Å². The van der Waals surface area contributed by atoms with E-state index in [1.807, 2.05) is 0 Å². The molecule has 0 saturated heterocycles. The summed E-state index contributed by atoms with van der Waals surface area (Å²) in [6, 6.07) is -0.521. The van der Waals surface area contributed by atoms with E-state index in [-0.39, 0.29) is 0 Å². The van der Waals surface area contributed by atoms with Crippen LogP contribution < -0.4 is 0 Å². The molecule has 0 nitrogen and oxygen atoms in total. The van der Waals surface area contributed by atoms with Gasteiger partial charge in [0.25, 0.3) is 0 Å². The highest BCUT2D eigenvalue weighted by Crippen LogP contribution is 2.18. The van der Waals surface area contributed by atoms with Crippen LogP contribution in [0.15, 0.2) is 0 Å². The lowest BCUT2D eigenvalue weighted by molar-refractivity contribution is -0.109. The quantitative estimate of drug-likeness (QED) is 0.465. The van der Waals surface area contributed by atoms with Crippen molar-refractivity contribution in [2.45, 2.75) is 18.8 Å². The summed E-state index contributed by atoms with van der Waals surface area (Å²) in [5, 5.41) is 0. The van der Waals surface area contributed by atoms with Crippen LogP contribution in [0.2, 0.25) is 12.6 Å². The Kier molecular flexibility index (Phi) is 2.35. The van der Waals surface area contributed by atoms with Gasteiger partial charge in [-0.1, -0.05) is 6.55 Å². The Morgan fingerprint density at radius 3 is 1.86 bits per heavy atom. The molecule has 7 heavy (non-hydrogen) atoms. The van der Waals surface area contributed by atoms with Crippen molar-refractivity contribution in [1.82, 2.24) is 0 Å². The van der Waals surface area contributed by atoms with Crippen LogP contribution in [0.25, 0.3) is 0 Å². The smallest absolute Gasteiger partial charge is 0.172 e. The third-order valence-electron chi connectivity index (χ3n) is 0.533. The summed E-state index contributed by atoms with van der Waals surface area (Å²) in [7, 11) is -0.815. The van der Waals surface area contributed by atoms with Gasteiger partial charge in [-0.15, -0.1) is 0 Å². The second kappa shape index (κ2) is 2.35. The largest absolute Gasteiger partial charge is 0.386 e. The molecule has 0 fully saturated rings. The Morgan fingerprint density at radius 2 is 1.86 bits per heavy atom. The zero-order valence-electron chi connectivity index (χ0n) is 4.05. The van der Waals surface area contributed by atoms with Crippen LogP contribution in [0.5, 0.6) is 0 Å². The molecule has 0 aliphatic carbocycles. The second-order valence-electron chi connectivity index (χ2n) is 1.37. The molecular weight excluding hydrogens is 121 g/mol. The van der Waals surface area contributed by atoms with E-state index >= 15 is 0 Å². The van der Waals surface area contributed by atoms with Crippen LogP contribution >= 0.6 is 0 Å². The molecule has 0 aromatic heterocycles. The summed E-state index contributed by atoms with van der Waals surface area (Å²) in [5.41, 5.74) is 0. The molecule has 44 valence electrons. The number of rotatable bonds is 1. The minimum Gasteiger partial charge on any atom is -0.172 e. The molecule has 0 aromatic carbocycles. The average Bonchev–Trinajstić information content (AvgIpc) is 1.30. The van der Waals surface area contributed by atoms with E-state index in [0.29, 0.717) is 0 Å². The van der Waals surface area contributed by atoms with Crippen LogP contribution in [0, 0.1) is 0 Å². The molecule has 0 amide bonds. The van der Waals surface area contributed by atoms with Crippen molar-refractivity contribution in [1.29, 1.82) is 0 Å². The third kappa shape index (κ3) is 6.01. The van der Waals surface area contributed by atoms with Gasteiger partial charge in [0.15, 0.2) is 0 Å². The summed E-state index contributed by atoms with van der Waals surface area (Å²) in [5.74, 6) is 0. The van der Waals surface area contributed by atoms with Gasteiger partial charge in [-0.2, -0.15) is 13.2 Å². The van der Waals surface area contributed by atoms with E-state index in [0.717, 1.165) is 0 Å². The van der Waals surface area contributed by atoms with E-state index in [1.165, 1.54) is 0 Å². The minimum atomic E-state index is -3.89. The average molecular weight is 128 g/mol. The fourth-order valence-electron chi connectivity index (χ4n) is 0.283. The molecule has 0 saturated carbocycles. The lowest BCUT2D eigenvalue weighted by Crippen LogP contribution is -2.07. The summed E-state index contributed by atoms with van der Waals surface area (Å²) in [6.07, 6.45) is -3.89. The molecule has 0 rings (SSSR count). The zero-order valence-corrected chi connectivity index (χ0v) is 5.46. The highest BCUT2D eigenvalue weighted by molar-refractivity contribution is 6.33. The van der Waals surface area contributed by atoms with Gasteiger partial charge in [0, 0.05) is 15.6 Å². The van der Waals surface area contributed by atoms with Gasteiger partial charge >= 0.3 is 6.18 Å². The molecule has 0 spiro atoms. The van der Waals surface area contributed by atoms with Crippen molar-refractivity contribution in [2.24, 2.45) is 0 Å². The summed E-state index contributed by atoms with van der Waals surface area (Å²) in [6.45, 7) is 1.65. The van der Waals surface area contributed by atoms with Crippen molar-refractivity contribution < 1.29 is 13.2 Å². The van der Waals surface area contributed by atoms with Crippen molar-refractivity contribution in [3.63, 3.8) is 0 Å². The Labute approximate surface area is 42.5 Å². The number of alkyl halides is 3. The van der Waals surface area contributed by atoms with Crippen molar-refractivity contribution >= 4 is 9.52 Å². The first-order valence-electron chi connectivity index (χ1n) is 2.13. The van der Waals surface area contributed by atoms with Gasteiger partial charge < -0.3 is 0 Å². The molecule has 0 atom stereocenters. The monoisotopic (exact) mass is 128 g/mol. The first-order chi connectivity index (χ1) is 3.06. The van der Waals surface area contributed by atoms with Gasteiger partial charge in [-0.25, -0.2) is 0 Å². The molecule has 0 N–H and O–H groups in total. The van der Waals surface area contributed by atoms with Gasteiger partial charge in [0.2, 0.25) is 0 Å². The van der Waals surface area contributed by atoms with Crippen LogP contribution in [0.4, 0.5) is 13.2 Å². The molecule has 0 aliphatic heterocycles.